The third-order valence-electron chi connectivity index (χ3n) is 6.08. The second-order valence-corrected chi connectivity index (χ2v) is 9.35. The van der Waals surface area contributed by atoms with Gasteiger partial charge in [-0.15, -0.1) is 0 Å². The largest absolute Gasteiger partial charge is 0.504 e. The number of esters is 1. The number of carbonyl (C=O) groups is 3. The molecular formula is C28H28F2N4O8. The minimum absolute atomic E-state index is 0.0129. The molecule has 4 rings (SSSR count). The van der Waals surface area contributed by atoms with E-state index in [4.69, 9.17) is 24.7 Å². The fourth-order valence-electron chi connectivity index (χ4n) is 4.02. The summed E-state index contributed by atoms with van der Waals surface area (Å²) in [4.78, 5) is 41.2. The van der Waals surface area contributed by atoms with Crippen LogP contribution < -0.4 is 25.3 Å². The van der Waals surface area contributed by atoms with Crippen LogP contribution in [-0.2, 0) is 9.53 Å². The molecule has 0 radical (unpaired) electrons. The van der Waals surface area contributed by atoms with Gasteiger partial charge in [-0.2, -0.15) is 13.8 Å². The van der Waals surface area contributed by atoms with Crippen molar-refractivity contribution in [2.24, 2.45) is 5.73 Å². The Bertz CT molecular complexity index is 1520. The van der Waals surface area contributed by atoms with Gasteiger partial charge >= 0.3 is 5.97 Å². The number of rotatable bonds is 10. The molecule has 1 aliphatic heterocycles. The van der Waals surface area contributed by atoms with Crippen molar-refractivity contribution in [1.29, 1.82) is 0 Å². The molecule has 1 aliphatic rings. The molecule has 42 heavy (non-hydrogen) atoms. The summed E-state index contributed by atoms with van der Waals surface area (Å²) in [5.41, 5.74) is 5.44. The predicted octanol–water partition coefficient (Wildman–Crippen LogP) is 3.12. The molecule has 1 fully saturated rings. The number of pyridine rings is 1. The first-order chi connectivity index (χ1) is 20.0. The van der Waals surface area contributed by atoms with Gasteiger partial charge in [-0.3, -0.25) is 14.4 Å². The van der Waals surface area contributed by atoms with Crippen LogP contribution in [0.5, 0.6) is 34.8 Å². The van der Waals surface area contributed by atoms with Gasteiger partial charge < -0.3 is 40.0 Å². The van der Waals surface area contributed by atoms with Crippen LogP contribution in [0.4, 0.5) is 8.78 Å². The number of nitrogens with two attached hydrogens (primary N) is 1. The number of ether oxygens (including phenoxy) is 4. The standard InChI is InChI=1S/C28H28F2N4O8/c1-4-39-28(38)18-12-17(13-32-18)40-23-21(29)25(41-16-7-5-6-15(10-16)27(37)34(2)3)33-26(22(23)30)42-20-11-14(24(31)36)8-9-19(20)35/h5-11,17-18,32,35H,4,12-13H2,1-3H3,(H2,31,36). The maximum Gasteiger partial charge on any atom is 0.323 e. The van der Waals surface area contributed by atoms with Crippen LogP contribution in [0.25, 0.3) is 0 Å². The number of hydrogen-bond donors (Lipinski definition) is 3. The smallest absolute Gasteiger partial charge is 0.323 e. The van der Waals surface area contributed by atoms with Crippen LogP contribution in [0, 0.1) is 11.6 Å². The number of aromatic nitrogens is 1. The van der Waals surface area contributed by atoms with E-state index in [1.54, 1.807) is 21.0 Å². The van der Waals surface area contributed by atoms with Gasteiger partial charge in [0.2, 0.25) is 23.3 Å². The highest BCUT2D eigenvalue weighted by Crippen LogP contribution is 2.40. The molecule has 4 N–H and O–H groups in total. The second-order valence-electron chi connectivity index (χ2n) is 9.35. The predicted molar refractivity (Wildman–Crippen MR) is 143 cm³/mol. The zero-order valence-electron chi connectivity index (χ0n) is 22.9. The highest BCUT2D eigenvalue weighted by atomic mass is 19.1. The molecule has 0 bridgehead atoms. The third-order valence-corrected chi connectivity index (χ3v) is 6.08. The Morgan fingerprint density at radius 3 is 2.45 bits per heavy atom. The summed E-state index contributed by atoms with van der Waals surface area (Å²) in [7, 11) is 3.11. The molecule has 2 amide bonds. The van der Waals surface area contributed by atoms with Gasteiger partial charge in [0.25, 0.3) is 17.7 Å². The fourth-order valence-corrected chi connectivity index (χ4v) is 4.02. The fraction of sp³-hybridized carbons (Fsp3) is 0.286. The molecule has 3 aromatic rings. The lowest BCUT2D eigenvalue weighted by molar-refractivity contribution is -0.145. The van der Waals surface area contributed by atoms with Gasteiger partial charge in [-0.05, 0) is 43.3 Å². The molecule has 0 aliphatic carbocycles. The number of phenolic OH excluding ortho intramolecular Hbond substituents is 1. The number of amides is 2. The maximum atomic E-state index is 15.7. The lowest BCUT2D eigenvalue weighted by Crippen LogP contribution is -2.32. The Hall–Kier alpha value is -4.98. The summed E-state index contributed by atoms with van der Waals surface area (Å²) in [6.07, 6.45) is -0.818. The number of halogens is 2. The first kappa shape index (κ1) is 30.0. The van der Waals surface area contributed by atoms with Crippen molar-refractivity contribution in [3.63, 3.8) is 0 Å². The van der Waals surface area contributed by atoms with E-state index in [1.165, 1.54) is 35.2 Å². The van der Waals surface area contributed by atoms with E-state index in [0.29, 0.717) is 0 Å². The summed E-state index contributed by atoms with van der Waals surface area (Å²) in [6, 6.07) is 8.38. The Kier molecular flexibility index (Phi) is 9.06. The summed E-state index contributed by atoms with van der Waals surface area (Å²) in [5, 5.41) is 13.1. The number of aromatic hydroxyl groups is 1. The van der Waals surface area contributed by atoms with Crippen molar-refractivity contribution in [1.82, 2.24) is 15.2 Å². The van der Waals surface area contributed by atoms with Gasteiger partial charge in [0.15, 0.2) is 11.5 Å². The molecule has 222 valence electrons. The van der Waals surface area contributed by atoms with E-state index in [9.17, 15) is 19.5 Å². The minimum atomic E-state index is -1.39. The van der Waals surface area contributed by atoms with E-state index in [1.807, 2.05) is 0 Å². The lowest BCUT2D eigenvalue weighted by Gasteiger charge is -2.18. The molecule has 0 spiro atoms. The summed E-state index contributed by atoms with van der Waals surface area (Å²) >= 11 is 0. The average molecular weight is 587 g/mol. The van der Waals surface area contributed by atoms with Crippen LogP contribution in [0.3, 0.4) is 0 Å². The number of nitrogens with zero attached hydrogens (tertiary/aromatic N) is 2. The zero-order valence-corrected chi connectivity index (χ0v) is 22.9. The molecule has 14 heteroatoms. The van der Waals surface area contributed by atoms with E-state index in [0.717, 1.165) is 12.1 Å². The molecule has 2 atom stereocenters. The van der Waals surface area contributed by atoms with Crippen molar-refractivity contribution in [2.45, 2.75) is 25.5 Å². The number of carbonyl (C=O) groups excluding carboxylic acids is 3. The minimum Gasteiger partial charge on any atom is -0.504 e. The Morgan fingerprint density at radius 2 is 1.79 bits per heavy atom. The normalized spacial score (nSPS) is 16.0. The number of phenols is 1. The van der Waals surface area contributed by atoms with E-state index >= 15 is 8.78 Å². The van der Waals surface area contributed by atoms with Crippen LogP contribution in [0.15, 0.2) is 42.5 Å². The molecule has 0 saturated carbocycles. The molecule has 2 heterocycles. The van der Waals surface area contributed by atoms with Gasteiger partial charge in [0.1, 0.15) is 17.9 Å². The molecule has 1 aromatic heterocycles. The van der Waals surface area contributed by atoms with Crippen molar-refractivity contribution < 1.29 is 47.2 Å². The molecular weight excluding hydrogens is 558 g/mol. The Balaban J connectivity index is 1.73. The van der Waals surface area contributed by atoms with E-state index < -0.39 is 64.7 Å². The zero-order chi connectivity index (χ0) is 30.6. The summed E-state index contributed by atoms with van der Waals surface area (Å²) in [6.45, 7) is 1.87. The lowest BCUT2D eigenvalue weighted by atomic mass is 10.2. The highest BCUT2D eigenvalue weighted by molar-refractivity contribution is 5.94. The summed E-state index contributed by atoms with van der Waals surface area (Å²) in [5.74, 6) is -7.97. The maximum absolute atomic E-state index is 15.7. The van der Waals surface area contributed by atoms with Gasteiger partial charge in [-0.25, -0.2) is 0 Å². The van der Waals surface area contributed by atoms with Crippen molar-refractivity contribution >= 4 is 17.8 Å². The van der Waals surface area contributed by atoms with Gasteiger partial charge in [0, 0.05) is 38.2 Å². The van der Waals surface area contributed by atoms with Crippen molar-refractivity contribution in [2.75, 3.05) is 27.2 Å². The topological polar surface area (TPSA) is 163 Å². The van der Waals surface area contributed by atoms with Gasteiger partial charge in [-0.1, -0.05) is 6.07 Å². The molecule has 1 saturated heterocycles. The quantitative estimate of drug-likeness (QED) is 0.301. The molecule has 2 unspecified atom stereocenters. The highest BCUT2D eigenvalue weighted by Gasteiger charge is 2.35. The van der Waals surface area contributed by atoms with Crippen LogP contribution in [-0.4, -0.2) is 72.2 Å². The SMILES string of the molecule is CCOC(=O)C1CC(Oc2c(F)c(Oc3cccc(C(=O)N(C)C)c3)nc(Oc3cc(C(N)=O)ccc3O)c2F)CN1. The monoisotopic (exact) mass is 586 g/mol. The van der Waals surface area contributed by atoms with Crippen molar-refractivity contribution in [3.8, 4) is 34.8 Å². The number of nitrogens with one attached hydrogen (secondary N) is 1. The van der Waals surface area contributed by atoms with Gasteiger partial charge in [0.05, 0.1) is 6.61 Å². The first-order valence-corrected chi connectivity index (χ1v) is 12.7. The van der Waals surface area contributed by atoms with Crippen LogP contribution in [0.2, 0.25) is 0 Å². The van der Waals surface area contributed by atoms with E-state index in [2.05, 4.69) is 10.3 Å². The Labute approximate surface area is 238 Å². The molecule has 2 aromatic carbocycles. The van der Waals surface area contributed by atoms with Crippen LogP contribution in [0.1, 0.15) is 34.1 Å². The third kappa shape index (κ3) is 6.66. The molecule has 12 nitrogen and oxygen atoms in total. The number of hydrogen-bond acceptors (Lipinski definition) is 10. The summed E-state index contributed by atoms with van der Waals surface area (Å²) < 4.78 is 53.0. The average Bonchev–Trinajstić information content (AvgIpc) is 3.43. The second kappa shape index (κ2) is 12.7. The van der Waals surface area contributed by atoms with E-state index in [-0.39, 0.29) is 42.4 Å². The number of primary amides is 1. The number of benzene rings is 2. The Morgan fingerprint density at radius 1 is 1.07 bits per heavy atom. The first-order valence-electron chi connectivity index (χ1n) is 12.7. The van der Waals surface area contributed by atoms with Crippen molar-refractivity contribution in [3.05, 3.63) is 65.2 Å². The van der Waals surface area contributed by atoms with Crippen LogP contribution >= 0.6 is 0 Å².